The molecular weight excluding hydrogens is 349 g/mol. The second-order valence-electron chi connectivity index (χ2n) is 4.86. The Balaban J connectivity index is 1.77. The Morgan fingerprint density at radius 2 is 1.79 bits per heavy atom. The minimum absolute atomic E-state index is 0.364. The van der Waals surface area contributed by atoms with Gasteiger partial charge in [-0.05, 0) is 24.1 Å². The normalized spacial score (nSPS) is 10.6. The molecule has 2 N–H and O–H groups in total. The van der Waals surface area contributed by atoms with Crippen LogP contribution in [0.5, 0.6) is 0 Å². The quantitative estimate of drug-likeness (QED) is 0.487. The van der Waals surface area contributed by atoms with E-state index in [9.17, 15) is 9.59 Å². The highest BCUT2D eigenvalue weighted by molar-refractivity contribution is 6.36. The van der Waals surface area contributed by atoms with E-state index in [2.05, 4.69) is 15.8 Å². The van der Waals surface area contributed by atoms with Crippen molar-refractivity contribution in [3.63, 3.8) is 0 Å². The molecule has 5 nitrogen and oxygen atoms in total. The van der Waals surface area contributed by atoms with E-state index < -0.39 is 11.8 Å². The van der Waals surface area contributed by atoms with Gasteiger partial charge in [-0.15, -0.1) is 0 Å². The maximum atomic E-state index is 11.6. The molecule has 0 spiro atoms. The molecule has 24 heavy (non-hydrogen) atoms. The summed E-state index contributed by atoms with van der Waals surface area (Å²) in [5, 5.41) is 7.13. The van der Waals surface area contributed by atoms with E-state index in [1.165, 1.54) is 6.21 Å². The van der Waals surface area contributed by atoms with Crippen LogP contribution in [0.15, 0.2) is 53.6 Å². The number of benzene rings is 2. The van der Waals surface area contributed by atoms with E-state index in [1.807, 2.05) is 30.3 Å². The van der Waals surface area contributed by atoms with Gasteiger partial charge < -0.3 is 5.32 Å². The second kappa shape index (κ2) is 9.05. The van der Waals surface area contributed by atoms with E-state index in [0.29, 0.717) is 28.6 Å². The molecule has 0 unspecified atom stereocenters. The van der Waals surface area contributed by atoms with Crippen LogP contribution in [0, 0.1) is 0 Å². The third-order valence-corrected chi connectivity index (χ3v) is 3.64. The van der Waals surface area contributed by atoms with Crippen molar-refractivity contribution in [3.8, 4) is 0 Å². The Bertz CT molecular complexity index is 749. The second-order valence-corrected chi connectivity index (χ2v) is 5.70. The summed E-state index contributed by atoms with van der Waals surface area (Å²) in [6.45, 7) is 0.364. The van der Waals surface area contributed by atoms with Crippen molar-refractivity contribution in [2.45, 2.75) is 6.42 Å². The van der Waals surface area contributed by atoms with E-state index in [1.54, 1.807) is 18.2 Å². The first-order valence-electron chi connectivity index (χ1n) is 7.16. The van der Waals surface area contributed by atoms with Crippen LogP contribution in [0.1, 0.15) is 11.1 Å². The number of nitrogens with zero attached hydrogens (tertiary/aromatic N) is 1. The van der Waals surface area contributed by atoms with Gasteiger partial charge in [-0.25, -0.2) is 5.43 Å². The largest absolute Gasteiger partial charge is 0.347 e. The lowest BCUT2D eigenvalue weighted by atomic mass is 10.1. The molecule has 2 amide bonds. The molecule has 124 valence electrons. The van der Waals surface area contributed by atoms with Crippen molar-refractivity contribution < 1.29 is 9.59 Å². The van der Waals surface area contributed by atoms with Gasteiger partial charge in [0.05, 0.1) is 11.2 Å². The first kappa shape index (κ1) is 18.0. The summed E-state index contributed by atoms with van der Waals surface area (Å²) in [5.74, 6) is -1.59. The van der Waals surface area contributed by atoms with Gasteiger partial charge in [0.15, 0.2) is 0 Å². The molecule has 7 heteroatoms. The average Bonchev–Trinajstić information content (AvgIpc) is 2.57. The van der Waals surface area contributed by atoms with Gasteiger partial charge in [-0.3, -0.25) is 9.59 Å². The number of carbonyl (C=O) groups is 2. The molecule has 2 rings (SSSR count). The standard InChI is InChI=1S/C17H15Cl2N3O2/c18-14-7-6-13(15(19)10-14)11-21-22-17(24)16(23)20-9-8-12-4-2-1-3-5-12/h1-7,10-11H,8-9H2,(H,20,23)(H,22,24)/b21-11-. The molecule has 0 bridgehead atoms. The molecule has 0 aliphatic rings. The first-order chi connectivity index (χ1) is 11.6. The number of carbonyl (C=O) groups excluding carboxylic acids is 2. The fraction of sp³-hybridized carbons (Fsp3) is 0.118. The summed E-state index contributed by atoms with van der Waals surface area (Å²) in [4.78, 5) is 23.3. The molecular formula is C17H15Cl2N3O2. The smallest absolute Gasteiger partial charge is 0.329 e. The zero-order valence-corrected chi connectivity index (χ0v) is 14.1. The molecule has 0 aromatic heterocycles. The van der Waals surface area contributed by atoms with E-state index in [0.717, 1.165) is 5.56 Å². The topological polar surface area (TPSA) is 70.6 Å². The maximum Gasteiger partial charge on any atom is 0.329 e. The number of halogens is 2. The zero-order chi connectivity index (χ0) is 17.4. The summed E-state index contributed by atoms with van der Waals surface area (Å²) < 4.78 is 0. The van der Waals surface area contributed by atoms with Gasteiger partial charge in [0.1, 0.15) is 0 Å². The molecule has 2 aromatic rings. The van der Waals surface area contributed by atoms with Crippen LogP contribution in [-0.2, 0) is 16.0 Å². The highest BCUT2D eigenvalue weighted by atomic mass is 35.5. The maximum absolute atomic E-state index is 11.6. The average molecular weight is 364 g/mol. The van der Waals surface area contributed by atoms with E-state index >= 15 is 0 Å². The van der Waals surface area contributed by atoms with Gasteiger partial charge in [-0.1, -0.05) is 59.6 Å². The fourth-order valence-electron chi connectivity index (χ4n) is 1.86. The molecule has 0 radical (unpaired) electrons. The van der Waals surface area contributed by atoms with Crippen molar-refractivity contribution in [1.82, 2.24) is 10.7 Å². The SMILES string of the molecule is O=C(NCCc1ccccc1)C(=O)N/N=C\c1ccc(Cl)cc1Cl. The first-order valence-corrected chi connectivity index (χ1v) is 7.92. The summed E-state index contributed by atoms with van der Waals surface area (Å²) in [7, 11) is 0. The number of hydrazone groups is 1. The van der Waals surface area contributed by atoms with Crippen molar-refractivity contribution in [3.05, 3.63) is 69.7 Å². The summed E-state index contributed by atoms with van der Waals surface area (Å²) in [6, 6.07) is 14.5. The summed E-state index contributed by atoms with van der Waals surface area (Å²) in [5.41, 5.74) is 3.80. The lowest BCUT2D eigenvalue weighted by molar-refractivity contribution is -0.139. The van der Waals surface area contributed by atoms with Crippen LogP contribution in [0.4, 0.5) is 0 Å². The third kappa shape index (κ3) is 5.68. The number of hydrogen-bond acceptors (Lipinski definition) is 3. The van der Waals surface area contributed by atoms with Gasteiger partial charge in [-0.2, -0.15) is 5.10 Å². The van der Waals surface area contributed by atoms with Crippen LogP contribution in [0.2, 0.25) is 10.0 Å². The number of nitrogens with one attached hydrogen (secondary N) is 2. The summed E-state index contributed by atoms with van der Waals surface area (Å²) >= 11 is 11.8. The zero-order valence-electron chi connectivity index (χ0n) is 12.6. The summed E-state index contributed by atoms with van der Waals surface area (Å²) in [6.07, 6.45) is 1.98. The Labute approximate surface area is 149 Å². The highest BCUT2D eigenvalue weighted by Crippen LogP contribution is 2.19. The molecule has 0 aliphatic heterocycles. The number of rotatable bonds is 5. The lowest BCUT2D eigenvalue weighted by Gasteiger charge is -2.04. The fourth-order valence-corrected chi connectivity index (χ4v) is 2.32. The minimum atomic E-state index is -0.843. The Morgan fingerprint density at radius 3 is 2.50 bits per heavy atom. The minimum Gasteiger partial charge on any atom is -0.347 e. The molecule has 0 saturated carbocycles. The van der Waals surface area contributed by atoms with Crippen molar-refractivity contribution >= 4 is 41.2 Å². The predicted molar refractivity (Wildman–Crippen MR) is 95.4 cm³/mol. The van der Waals surface area contributed by atoms with Crippen LogP contribution < -0.4 is 10.7 Å². The monoisotopic (exact) mass is 363 g/mol. The lowest BCUT2D eigenvalue weighted by Crippen LogP contribution is -2.38. The van der Waals surface area contributed by atoms with Crippen molar-refractivity contribution in [2.75, 3.05) is 6.54 Å². The third-order valence-electron chi connectivity index (χ3n) is 3.08. The molecule has 0 fully saturated rings. The van der Waals surface area contributed by atoms with Crippen LogP contribution in [-0.4, -0.2) is 24.6 Å². The number of amides is 2. The van der Waals surface area contributed by atoms with Crippen LogP contribution in [0.3, 0.4) is 0 Å². The Hall–Kier alpha value is -2.37. The van der Waals surface area contributed by atoms with Gasteiger partial charge in [0, 0.05) is 17.1 Å². The molecule has 0 aliphatic carbocycles. The van der Waals surface area contributed by atoms with E-state index in [4.69, 9.17) is 23.2 Å². The Morgan fingerprint density at radius 1 is 1.04 bits per heavy atom. The van der Waals surface area contributed by atoms with Gasteiger partial charge in [0.2, 0.25) is 0 Å². The molecule has 0 heterocycles. The van der Waals surface area contributed by atoms with Gasteiger partial charge in [0.25, 0.3) is 0 Å². The van der Waals surface area contributed by atoms with Crippen molar-refractivity contribution in [1.29, 1.82) is 0 Å². The molecule has 0 saturated heterocycles. The molecule has 0 atom stereocenters. The van der Waals surface area contributed by atoms with Crippen LogP contribution >= 0.6 is 23.2 Å². The van der Waals surface area contributed by atoms with Gasteiger partial charge >= 0.3 is 11.8 Å². The van der Waals surface area contributed by atoms with Crippen LogP contribution in [0.25, 0.3) is 0 Å². The Kier molecular flexibility index (Phi) is 6.78. The van der Waals surface area contributed by atoms with Crippen molar-refractivity contribution in [2.24, 2.45) is 5.10 Å². The predicted octanol–water partition coefficient (Wildman–Crippen LogP) is 2.80. The molecule has 2 aromatic carbocycles. The van der Waals surface area contributed by atoms with E-state index in [-0.39, 0.29) is 0 Å². The number of hydrogen-bond donors (Lipinski definition) is 2. The highest BCUT2D eigenvalue weighted by Gasteiger charge is 2.11.